The number of nitrogens with zero attached hydrogens (tertiary/aromatic N) is 1. The van der Waals surface area contributed by atoms with Crippen LogP contribution in [0.15, 0.2) is 23.1 Å². The molecule has 1 aromatic carbocycles. The molecule has 1 rings (SSSR count). The van der Waals surface area contributed by atoms with Crippen molar-refractivity contribution in [3.8, 4) is 0 Å². The van der Waals surface area contributed by atoms with E-state index in [2.05, 4.69) is 5.32 Å². The van der Waals surface area contributed by atoms with Crippen molar-refractivity contribution in [3.05, 3.63) is 28.3 Å². The van der Waals surface area contributed by atoms with Gasteiger partial charge in [-0.25, -0.2) is 8.42 Å². The highest BCUT2D eigenvalue weighted by molar-refractivity contribution is 7.90. The molecule has 20 heavy (non-hydrogen) atoms. The Morgan fingerprint density at radius 2 is 1.90 bits per heavy atom. The van der Waals surface area contributed by atoms with Gasteiger partial charge in [0.05, 0.1) is 28.6 Å². The lowest BCUT2D eigenvalue weighted by Gasteiger charge is -2.27. The molecule has 3 N–H and O–H groups in total. The second kappa shape index (κ2) is 5.73. The second-order valence-electron chi connectivity index (χ2n) is 4.71. The largest absolute Gasteiger partial charge is 0.394 e. The molecule has 0 saturated heterocycles. The summed E-state index contributed by atoms with van der Waals surface area (Å²) in [5.74, 6) is 0. The zero-order chi connectivity index (χ0) is 15.6. The van der Waals surface area contributed by atoms with E-state index in [-0.39, 0.29) is 10.6 Å². The lowest BCUT2D eigenvalue weighted by Crippen LogP contribution is -2.42. The number of rotatable bonds is 6. The zero-order valence-corrected chi connectivity index (χ0v) is 11.8. The van der Waals surface area contributed by atoms with Crippen LogP contribution < -0.4 is 5.32 Å². The van der Waals surface area contributed by atoms with Gasteiger partial charge in [0.15, 0.2) is 9.84 Å². The number of hydrogen-bond acceptors (Lipinski definition) is 7. The fourth-order valence-corrected chi connectivity index (χ4v) is 2.09. The van der Waals surface area contributed by atoms with E-state index in [4.69, 9.17) is 0 Å². The van der Waals surface area contributed by atoms with Crippen molar-refractivity contribution < 1.29 is 23.6 Å². The Morgan fingerprint density at radius 3 is 2.30 bits per heavy atom. The van der Waals surface area contributed by atoms with Crippen LogP contribution in [0.2, 0.25) is 0 Å². The highest BCUT2D eigenvalue weighted by Crippen LogP contribution is 2.29. The molecule has 8 nitrogen and oxygen atoms in total. The Morgan fingerprint density at radius 1 is 1.35 bits per heavy atom. The number of aliphatic hydroxyl groups excluding tert-OH is 2. The van der Waals surface area contributed by atoms with Crippen LogP contribution in [-0.4, -0.2) is 48.6 Å². The first-order chi connectivity index (χ1) is 9.13. The van der Waals surface area contributed by atoms with Gasteiger partial charge >= 0.3 is 0 Å². The van der Waals surface area contributed by atoms with Crippen molar-refractivity contribution in [1.29, 1.82) is 0 Å². The van der Waals surface area contributed by atoms with Gasteiger partial charge in [0.25, 0.3) is 5.69 Å². The molecule has 0 heterocycles. The van der Waals surface area contributed by atoms with Gasteiger partial charge in [0.2, 0.25) is 0 Å². The summed E-state index contributed by atoms with van der Waals surface area (Å²) in [6.45, 7) is 0.574. The number of sulfone groups is 1. The average molecular weight is 304 g/mol. The fourth-order valence-electron chi connectivity index (χ4n) is 1.45. The standard InChI is InChI=1S/C11H16N2O6S/c1-11(6-14,7-15)12-9-4-3-8(20(2,18)19)5-10(9)13(16)17/h3-5,12,14-15H,6-7H2,1-2H3. The third-order valence-corrected chi connectivity index (χ3v) is 3.84. The molecule has 0 atom stereocenters. The normalized spacial score (nSPS) is 12.2. The van der Waals surface area contributed by atoms with Crippen LogP contribution in [0.4, 0.5) is 11.4 Å². The topological polar surface area (TPSA) is 130 Å². The molecule has 0 aliphatic heterocycles. The summed E-state index contributed by atoms with van der Waals surface area (Å²) in [6, 6.07) is 3.39. The van der Waals surface area contributed by atoms with E-state index in [9.17, 15) is 28.7 Å². The molecule has 0 bridgehead atoms. The van der Waals surface area contributed by atoms with Crippen molar-refractivity contribution in [2.24, 2.45) is 0 Å². The molecule has 1 aromatic rings. The molecular formula is C11H16N2O6S. The maximum atomic E-state index is 11.4. The zero-order valence-electron chi connectivity index (χ0n) is 11.0. The second-order valence-corrected chi connectivity index (χ2v) is 6.73. The molecule has 0 aliphatic carbocycles. The Balaban J connectivity index is 3.32. The number of nitro benzene ring substituents is 1. The molecule has 0 amide bonds. The van der Waals surface area contributed by atoms with Crippen molar-refractivity contribution >= 4 is 21.2 Å². The maximum Gasteiger partial charge on any atom is 0.293 e. The smallest absolute Gasteiger partial charge is 0.293 e. The van der Waals surface area contributed by atoms with Crippen LogP contribution in [0.3, 0.4) is 0 Å². The van der Waals surface area contributed by atoms with Crippen molar-refractivity contribution in [2.45, 2.75) is 17.4 Å². The van der Waals surface area contributed by atoms with Gasteiger partial charge < -0.3 is 15.5 Å². The third kappa shape index (κ3) is 3.65. The summed E-state index contributed by atoms with van der Waals surface area (Å²) in [4.78, 5) is 10.1. The first-order valence-electron chi connectivity index (χ1n) is 5.61. The highest BCUT2D eigenvalue weighted by Gasteiger charge is 2.27. The lowest BCUT2D eigenvalue weighted by atomic mass is 10.0. The van der Waals surface area contributed by atoms with Crippen molar-refractivity contribution in [1.82, 2.24) is 0 Å². The fraction of sp³-hybridized carbons (Fsp3) is 0.455. The molecule has 112 valence electrons. The minimum atomic E-state index is -3.56. The highest BCUT2D eigenvalue weighted by atomic mass is 32.2. The van der Waals surface area contributed by atoms with Gasteiger partial charge in [0.1, 0.15) is 5.69 Å². The summed E-state index contributed by atoms with van der Waals surface area (Å²) in [5, 5.41) is 32.0. The van der Waals surface area contributed by atoms with Gasteiger partial charge in [-0.05, 0) is 19.1 Å². The van der Waals surface area contributed by atoms with E-state index in [1.165, 1.54) is 19.1 Å². The van der Waals surface area contributed by atoms with Crippen molar-refractivity contribution in [3.63, 3.8) is 0 Å². The van der Waals surface area contributed by atoms with Gasteiger partial charge in [-0.2, -0.15) is 0 Å². The molecule has 0 unspecified atom stereocenters. The molecule has 0 spiro atoms. The number of nitro groups is 1. The average Bonchev–Trinajstić information content (AvgIpc) is 2.37. The Hall–Kier alpha value is -1.71. The van der Waals surface area contributed by atoms with Gasteiger partial charge in [-0.15, -0.1) is 0 Å². The monoisotopic (exact) mass is 304 g/mol. The van der Waals surface area contributed by atoms with E-state index < -0.39 is 39.2 Å². The number of nitrogens with one attached hydrogen (secondary N) is 1. The summed E-state index contributed by atoms with van der Waals surface area (Å²) in [7, 11) is -3.56. The summed E-state index contributed by atoms with van der Waals surface area (Å²) in [5.41, 5.74) is -1.58. The van der Waals surface area contributed by atoms with Crippen LogP contribution in [0.5, 0.6) is 0 Å². The number of anilines is 1. The Bertz CT molecular complexity index is 609. The Kier molecular flexibility index (Phi) is 4.69. The van der Waals surface area contributed by atoms with Gasteiger partial charge in [-0.1, -0.05) is 0 Å². The third-order valence-electron chi connectivity index (χ3n) is 2.73. The van der Waals surface area contributed by atoms with Crippen molar-refractivity contribution in [2.75, 3.05) is 24.8 Å². The van der Waals surface area contributed by atoms with Crippen LogP contribution in [0, 0.1) is 10.1 Å². The van der Waals surface area contributed by atoms with Gasteiger partial charge in [0, 0.05) is 12.3 Å². The predicted molar refractivity (Wildman–Crippen MR) is 72.4 cm³/mol. The minimum Gasteiger partial charge on any atom is -0.394 e. The number of aliphatic hydroxyl groups is 2. The summed E-state index contributed by atoms with van der Waals surface area (Å²) in [6.07, 6.45) is 0.949. The van der Waals surface area contributed by atoms with Crippen LogP contribution >= 0.6 is 0 Å². The molecule has 0 saturated carbocycles. The molecule has 0 radical (unpaired) electrons. The van der Waals surface area contributed by atoms with E-state index in [1.807, 2.05) is 0 Å². The molecule has 0 fully saturated rings. The molecule has 0 aliphatic rings. The first-order valence-corrected chi connectivity index (χ1v) is 7.50. The minimum absolute atomic E-state index is 0.0213. The van der Waals surface area contributed by atoms with Crippen LogP contribution in [-0.2, 0) is 9.84 Å². The summed E-state index contributed by atoms with van der Waals surface area (Å²) < 4.78 is 22.8. The van der Waals surface area contributed by atoms with Gasteiger partial charge in [-0.3, -0.25) is 10.1 Å². The van der Waals surface area contributed by atoms with E-state index >= 15 is 0 Å². The van der Waals surface area contributed by atoms with E-state index in [1.54, 1.807) is 0 Å². The molecule has 9 heteroatoms. The molecule has 0 aromatic heterocycles. The van der Waals surface area contributed by atoms with Crippen LogP contribution in [0.1, 0.15) is 6.92 Å². The van der Waals surface area contributed by atoms with Crippen LogP contribution in [0.25, 0.3) is 0 Å². The number of hydrogen-bond donors (Lipinski definition) is 3. The number of benzene rings is 1. The summed E-state index contributed by atoms with van der Waals surface area (Å²) >= 11 is 0. The SMILES string of the molecule is CC(CO)(CO)Nc1ccc(S(C)(=O)=O)cc1[N+](=O)[O-]. The lowest BCUT2D eigenvalue weighted by molar-refractivity contribution is -0.384. The molecular weight excluding hydrogens is 288 g/mol. The first kappa shape index (κ1) is 16.3. The predicted octanol–water partition coefficient (Wildman–Crippen LogP) is 0.153. The quantitative estimate of drug-likeness (QED) is 0.504. The Labute approximate surface area is 116 Å². The maximum absolute atomic E-state index is 11.4. The van der Waals surface area contributed by atoms with E-state index in [0.717, 1.165) is 12.3 Å². The van der Waals surface area contributed by atoms with E-state index in [0.29, 0.717) is 0 Å².